The first-order chi connectivity index (χ1) is 10.9. The normalized spacial score (nSPS) is 22.1. The van der Waals surface area contributed by atoms with Gasteiger partial charge in [-0.25, -0.2) is 13.6 Å². The molecule has 1 amide bonds. The number of nitrogens with zero attached hydrogens (tertiary/aromatic N) is 1. The van der Waals surface area contributed by atoms with Crippen molar-refractivity contribution in [2.75, 3.05) is 6.54 Å². The molecular formula is C17H19F2NO3. The van der Waals surface area contributed by atoms with Crippen molar-refractivity contribution in [3.8, 4) is 0 Å². The fourth-order valence-electron chi connectivity index (χ4n) is 3.41. The molecule has 4 nitrogen and oxygen atoms in total. The van der Waals surface area contributed by atoms with E-state index in [2.05, 4.69) is 0 Å². The summed E-state index contributed by atoms with van der Waals surface area (Å²) in [5.41, 5.74) is -0.291. The van der Waals surface area contributed by atoms with Gasteiger partial charge in [0.2, 0.25) is 0 Å². The maximum absolute atomic E-state index is 13.9. The van der Waals surface area contributed by atoms with Crippen LogP contribution in [0.4, 0.5) is 13.6 Å². The number of benzene rings is 1. The molecule has 1 spiro atoms. The van der Waals surface area contributed by atoms with E-state index >= 15 is 0 Å². The highest BCUT2D eigenvalue weighted by Crippen LogP contribution is 2.38. The van der Waals surface area contributed by atoms with E-state index in [0.29, 0.717) is 38.6 Å². The number of ether oxygens (including phenoxy) is 1. The lowest BCUT2D eigenvalue weighted by Crippen LogP contribution is -2.51. The van der Waals surface area contributed by atoms with Gasteiger partial charge in [-0.3, -0.25) is 4.79 Å². The van der Waals surface area contributed by atoms with Crippen molar-refractivity contribution < 1.29 is 23.1 Å². The minimum absolute atomic E-state index is 0.204. The molecule has 0 N–H and O–H groups in total. The zero-order chi connectivity index (χ0) is 16.6. The molecule has 23 heavy (non-hydrogen) atoms. The van der Waals surface area contributed by atoms with Crippen molar-refractivity contribution in [3.05, 3.63) is 35.4 Å². The zero-order valence-electron chi connectivity index (χ0n) is 13.0. The number of ketones is 1. The van der Waals surface area contributed by atoms with Crippen LogP contribution >= 0.6 is 0 Å². The third-order valence-electron chi connectivity index (χ3n) is 4.95. The molecule has 2 fully saturated rings. The molecule has 0 radical (unpaired) electrons. The van der Waals surface area contributed by atoms with Crippen LogP contribution in [0.5, 0.6) is 0 Å². The first-order valence-corrected chi connectivity index (χ1v) is 7.86. The van der Waals surface area contributed by atoms with E-state index in [-0.39, 0.29) is 11.3 Å². The Balaban J connectivity index is 1.73. The summed E-state index contributed by atoms with van der Waals surface area (Å²) in [6.07, 6.45) is 2.13. The fourth-order valence-corrected chi connectivity index (χ4v) is 3.41. The summed E-state index contributed by atoms with van der Waals surface area (Å²) in [5, 5.41) is 0. The van der Waals surface area contributed by atoms with Crippen molar-refractivity contribution in [1.82, 2.24) is 4.90 Å². The molecule has 1 aromatic carbocycles. The van der Waals surface area contributed by atoms with Crippen LogP contribution in [-0.2, 0) is 9.53 Å². The van der Waals surface area contributed by atoms with E-state index in [4.69, 9.17) is 4.74 Å². The summed E-state index contributed by atoms with van der Waals surface area (Å²) in [5.74, 6) is -1.12. The predicted octanol–water partition coefficient (Wildman–Crippen LogP) is 3.75. The summed E-state index contributed by atoms with van der Waals surface area (Å²) < 4.78 is 32.6. The second-order valence-corrected chi connectivity index (χ2v) is 6.37. The van der Waals surface area contributed by atoms with Crippen LogP contribution in [0.2, 0.25) is 0 Å². The molecule has 6 heteroatoms. The number of hydrogen-bond acceptors (Lipinski definition) is 3. The van der Waals surface area contributed by atoms with Gasteiger partial charge in [0, 0.05) is 37.4 Å². The Kier molecular flexibility index (Phi) is 4.08. The molecule has 1 aliphatic heterocycles. The van der Waals surface area contributed by atoms with Gasteiger partial charge >= 0.3 is 6.09 Å². The Labute approximate surface area is 133 Å². The largest absolute Gasteiger partial charge is 0.443 e. The first-order valence-electron chi connectivity index (χ1n) is 7.86. The maximum Gasteiger partial charge on any atom is 0.410 e. The van der Waals surface area contributed by atoms with Crippen LogP contribution in [0.25, 0.3) is 0 Å². The van der Waals surface area contributed by atoms with E-state index in [1.54, 1.807) is 6.92 Å². The lowest BCUT2D eigenvalue weighted by molar-refractivity contribution is -0.129. The van der Waals surface area contributed by atoms with Gasteiger partial charge in [-0.15, -0.1) is 0 Å². The third-order valence-corrected chi connectivity index (χ3v) is 4.95. The van der Waals surface area contributed by atoms with Gasteiger partial charge in [0.1, 0.15) is 23.0 Å². The van der Waals surface area contributed by atoms with Crippen molar-refractivity contribution in [1.29, 1.82) is 0 Å². The second kappa shape index (κ2) is 5.91. The van der Waals surface area contributed by atoms with Crippen LogP contribution in [0, 0.1) is 11.6 Å². The molecule has 0 unspecified atom stereocenters. The number of carbonyl (C=O) groups is 2. The number of rotatable bonds is 2. The molecule has 0 aromatic heterocycles. The molecule has 2 aliphatic rings. The highest BCUT2D eigenvalue weighted by Gasteiger charge is 2.44. The number of halogens is 2. The fraction of sp³-hybridized carbons (Fsp3) is 0.529. The van der Waals surface area contributed by atoms with E-state index in [0.717, 1.165) is 6.07 Å². The monoisotopic (exact) mass is 323 g/mol. The number of carbonyl (C=O) groups excluding carboxylic acids is 2. The minimum Gasteiger partial charge on any atom is -0.443 e. The summed E-state index contributed by atoms with van der Waals surface area (Å²) in [7, 11) is 0. The van der Waals surface area contributed by atoms with Crippen LogP contribution in [0.1, 0.15) is 50.6 Å². The molecule has 1 saturated carbocycles. The minimum atomic E-state index is -0.672. The molecule has 1 aliphatic carbocycles. The average Bonchev–Trinajstić information content (AvgIpc) is 2.50. The summed E-state index contributed by atoms with van der Waals surface area (Å²) in [4.78, 5) is 25.2. The van der Waals surface area contributed by atoms with Gasteiger partial charge in [-0.1, -0.05) is 6.07 Å². The molecule has 0 bridgehead atoms. The standard InChI is InChI=1S/C17H19F2NO3/c1-11(14-3-2-12(18)10-15(14)19)20-9-8-17(23-16(20)22)6-4-13(21)5-7-17/h2-3,10-11H,4-9H2,1H3/t11-/m0/s1. The van der Waals surface area contributed by atoms with Crippen LogP contribution < -0.4 is 0 Å². The van der Waals surface area contributed by atoms with Crippen molar-refractivity contribution >= 4 is 11.9 Å². The van der Waals surface area contributed by atoms with Crippen LogP contribution in [0.15, 0.2) is 18.2 Å². The van der Waals surface area contributed by atoms with Crippen LogP contribution in [-0.4, -0.2) is 28.9 Å². The lowest BCUT2D eigenvalue weighted by atomic mass is 9.80. The van der Waals surface area contributed by atoms with Gasteiger partial charge in [-0.05, 0) is 25.8 Å². The Morgan fingerprint density at radius 2 is 1.87 bits per heavy atom. The SMILES string of the molecule is C[C@@H](c1ccc(F)cc1F)N1CCC2(CCC(=O)CC2)OC1=O. The van der Waals surface area contributed by atoms with E-state index in [1.165, 1.54) is 17.0 Å². The zero-order valence-corrected chi connectivity index (χ0v) is 13.0. The second-order valence-electron chi connectivity index (χ2n) is 6.37. The molecule has 1 atom stereocenters. The summed E-state index contributed by atoms with van der Waals surface area (Å²) >= 11 is 0. The number of amides is 1. The van der Waals surface area contributed by atoms with Gasteiger partial charge in [0.25, 0.3) is 0 Å². The van der Waals surface area contributed by atoms with Crippen molar-refractivity contribution in [2.45, 2.75) is 50.7 Å². The van der Waals surface area contributed by atoms with Crippen molar-refractivity contribution in [3.63, 3.8) is 0 Å². The van der Waals surface area contributed by atoms with Gasteiger partial charge in [-0.2, -0.15) is 0 Å². The Bertz CT molecular complexity index is 637. The molecule has 1 saturated heterocycles. The summed E-state index contributed by atoms with van der Waals surface area (Å²) in [6, 6.07) is 2.81. The average molecular weight is 323 g/mol. The maximum atomic E-state index is 13.9. The highest BCUT2D eigenvalue weighted by atomic mass is 19.1. The molecule has 1 aromatic rings. The molecular weight excluding hydrogens is 304 g/mol. The van der Waals surface area contributed by atoms with E-state index in [1.807, 2.05) is 0 Å². The van der Waals surface area contributed by atoms with E-state index in [9.17, 15) is 18.4 Å². The molecule has 124 valence electrons. The topological polar surface area (TPSA) is 46.6 Å². The molecule has 1 heterocycles. The predicted molar refractivity (Wildman–Crippen MR) is 78.8 cm³/mol. The van der Waals surface area contributed by atoms with Crippen molar-refractivity contribution in [2.24, 2.45) is 0 Å². The Morgan fingerprint density at radius 1 is 1.17 bits per heavy atom. The first kappa shape index (κ1) is 15.9. The third kappa shape index (κ3) is 3.07. The van der Waals surface area contributed by atoms with Gasteiger partial charge in [0.15, 0.2) is 0 Å². The van der Waals surface area contributed by atoms with Gasteiger partial charge in [0.05, 0.1) is 6.04 Å². The Hall–Kier alpha value is -1.98. The number of hydrogen-bond donors (Lipinski definition) is 0. The van der Waals surface area contributed by atoms with Gasteiger partial charge < -0.3 is 9.64 Å². The Morgan fingerprint density at radius 3 is 2.48 bits per heavy atom. The molecule has 3 rings (SSSR count). The number of Topliss-reactive ketones (excluding diaryl/α,β-unsaturated/α-hetero) is 1. The highest BCUT2D eigenvalue weighted by molar-refractivity contribution is 5.80. The summed E-state index contributed by atoms with van der Waals surface area (Å²) in [6.45, 7) is 2.13. The lowest BCUT2D eigenvalue weighted by Gasteiger charge is -2.44. The van der Waals surface area contributed by atoms with Crippen LogP contribution in [0.3, 0.4) is 0 Å². The smallest absolute Gasteiger partial charge is 0.410 e. The quantitative estimate of drug-likeness (QED) is 0.833. The van der Waals surface area contributed by atoms with E-state index < -0.39 is 29.4 Å².